The van der Waals surface area contributed by atoms with E-state index in [0.29, 0.717) is 38.5 Å². The molecule has 0 aliphatic heterocycles. The van der Waals surface area contributed by atoms with Crippen molar-refractivity contribution < 1.29 is 82.8 Å². The van der Waals surface area contributed by atoms with Gasteiger partial charge in [0.2, 0.25) is 0 Å². The van der Waals surface area contributed by atoms with Gasteiger partial charge in [-0.2, -0.15) is 0 Å². The molecular weight excluding hydrogens is 435 g/mol. The first kappa shape index (κ1) is 37.0. The molecule has 1 unspecified atom stereocenters. The van der Waals surface area contributed by atoms with Crippen molar-refractivity contribution in [3.05, 3.63) is 0 Å². The number of carbonyl (C=O) groups excluding carboxylic acids is 1. The average Bonchev–Trinajstić information content (AvgIpc) is 2.58. The molecular formula is C17H34NaO11S-. The number of hydrogen-bond acceptors (Lipinski definition) is 10. The standard InChI is InChI=1S/C6H14O5S.C6H12O3.C5H10O3.Na/c7-4-2-1-3-6(8)5-12(9,10)11;7-5-3-1-2-4-6(8)9;6-4-2-1-3-5(7)8;/h6-8H,1-5H2,(H,9,10,11);7H,1-5H2,(H,8,9);6H,1-4H2,(H,7,8);/q;;;+1/p-2. The summed E-state index contributed by atoms with van der Waals surface area (Å²) in [6.07, 6.45) is 3.68. The van der Waals surface area contributed by atoms with Crippen molar-refractivity contribution in [3.8, 4) is 0 Å². The maximum Gasteiger partial charge on any atom is 1.00 e. The van der Waals surface area contributed by atoms with Crippen molar-refractivity contribution in [2.75, 3.05) is 25.6 Å². The van der Waals surface area contributed by atoms with Crippen LogP contribution in [0.5, 0.6) is 0 Å². The van der Waals surface area contributed by atoms with Gasteiger partial charge in [0.05, 0.1) is 22.0 Å². The van der Waals surface area contributed by atoms with Gasteiger partial charge in [-0.1, -0.05) is 6.42 Å². The summed E-state index contributed by atoms with van der Waals surface area (Å²) in [4.78, 5) is 19.6. The predicted molar refractivity (Wildman–Crippen MR) is 101 cm³/mol. The van der Waals surface area contributed by atoms with Crippen molar-refractivity contribution in [2.45, 2.75) is 70.3 Å². The first-order valence-corrected chi connectivity index (χ1v) is 10.9. The minimum atomic E-state index is -4.32. The van der Waals surface area contributed by atoms with Gasteiger partial charge in [-0.05, 0) is 51.4 Å². The molecule has 0 saturated heterocycles. The summed E-state index contributed by atoms with van der Waals surface area (Å²) in [7, 11) is -4.32. The second-order valence-electron chi connectivity index (χ2n) is 6.08. The van der Waals surface area contributed by atoms with Gasteiger partial charge in [0.1, 0.15) is 0 Å². The number of hydrogen-bond donors (Lipinski definition) is 5. The second kappa shape index (κ2) is 26.7. The summed E-state index contributed by atoms with van der Waals surface area (Å²) in [5, 5.41) is 51.6. The summed E-state index contributed by atoms with van der Waals surface area (Å²) < 4.78 is 30.3. The van der Waals surface area contributed by atoms with E-state index in [-0.39, 0.29) is 68.6 Å². The number of rotatable bonds is 15. The molecule has 0 aromatic rings. The molecule has 0 heterocycles. The SMILES string of the molecule is O=C(O)CCCCO.O=C([O-])CCCCCO.O=S(=O)([O-])CC(O)CCCCO.[Na+]. The van der Waals surface area contributed by atoms with Gasteiger partial charge in [0.25, 0.3) is 0 Å². The first-order chi connectivity index (χ1) is 13.5. The number of unbranched alkanes of at least 4 members (excludes halogenated alkanes) is 4. The van der Waals surface area contributed by atoms with Gasteiger partial charge in [-0.15, -0.1) is 0 Å². The third-order valence-electron chi connectivity index (χ3n) is 3.18. The topological polar surface area (TPSA) is 216 Å². The zero-order valence-corrected chi connectivity index (χ0v) is 20.4. The van der Waals surface area contributed by atoms with Crippen LogP contribution in [0.3, 0.4) is 0 Å². The van der Waals surface area contributed by atoms with Gasteiger partial charge in [0, 0.05) is 32.2 Å². The molecule has 0 saturated carbocycles. The van der Waals surface area contributed by atoms with E-state index in [1.807, 2.05) is 0 Å². The Bertz CT molecular complexity index is 486. The smallest absolute Gasteiger partial charge is 0.748 e. The first-order valence-electron chi connectivity index (χ1n) is 9.36. The zero-order chi connectivity index (χ0) is 23.1. The number of aliphatic carboxylic acids is 2. The van der Waals surface area contributed by atoms with Crippen molar-refractivity contribution in [2.24, 2.45) is 0 Å². The van der Waals surface area contributed by atoms with Crippen molar-refractivity contribution >= 4 is 22.1 Å². The number of carboxylic acid groups (broad SMARTS) is 2. The Kier molecular flexibility index (Phi) is 33.0. The molecule has 11 nitrogen and oxygen atoms in total. The van der Waals surface area contributed by atoms with Crippen molar-refractivity contribution in [3.63, 3.8) is 0 Å². The fraction of sp³-hybridized carbons (Fsp3) is 0.882. The Morgan fingerprint density at radius 3 is 1.63 bits per heavy atom. The van der Waals surface area contributed by atoms with Crippen LogP contribution in [0, 0.1) is 0 Å². The number of carboxylic acids is 2. The molecule has 0 aliphatic carbocycles. The van der Waals surface area contributed by atoms with E-state index in [9.17, 15) is 27.7 Å². The molecule has 0 radical (unpaired) electrons. The van der Waals surface area contributed by atoms with Crippen LogP contribution in [-0.2, 0) is 19.7 Å². The van der Waals surface area contributed by atoms with Gasteiger partial charge in [-0.25, -0.2) is 8.42 Å². The summed E-state index contributed by atoms with van der Waals surface area (Å²) >= 11 is 0. The molecule has 1 atom stereocenters. The number of carbonyl (C=O) groups is 2. The van der Waals surface area contributed by atoms with E-state index in [2.05, 4.69) is 0 Å². The van der Waals surface area contributed by atoms with Crippen molar-refractivity contribution in [1.82, 2.24) is 0 Å². The van der Waals surface area contributed by atoms with Crippen LogP contribution in [0.15, 0.2) is 0 Å². The summed E-state index contributed by atoms with van der Waals surface area (Å²) in [6, 6.07) is 0. The van der Waals surface area contributed by atoms with E-state index < -0.39 is 33.9 Å². The largest absolute Gasteiger partial charge is 1.00 e. The quantitative estimate of drug-likeness (QED) is 0.0876. The van der Waals surface area contributed by atoms with Crippen LogP contribution < -0.4 is 34.7 Å². The van der Waals surface area contributed by atoms with E-state index in [0.717, 1.165) is 6.42 Å². The average molecular weight is 470 g/mol. The Balaban J connectivity index is -0.000000170. The van der Waals surface area contributed by atoms with Crippen LogP contribution in [0.25, 0.3) is 0 Å². The second-order valence-corrected chi connectivity index (χ2v) is 7.53. The van der Waals surface area contributed by atoms with E-state index >= 15 is 0 Å². The monoisotopic (exact) mass is 469 g/mol. The van der Waals surface area contributed by atoms with Gasteiger partial charge in [-0.3, -0.25) is 4.79 Å². The maximum atomic E-state index is 10.1. The summed E-state index contributed by atoms with van der Waals surface area (Å²) in [6.45, 7) is 0.247. The summed E-state index contributed by atoms with van der Waals surface area (Å²) in [5.41, 5.74) is 0. The van der Waals surface area contributed by atoms with Gasteiger partial charge < -0.3 is 40.0 Å². The molecule has 0 bridgehead atoms. The van der Waals surface area contributed by atoms with Crippen LogP contribution in [0.1, 0.15) is 64.2 Å². The molecule has 0 aromatic carbocycles. The molecule has 0 amide bonds. The van der Waals surface area contributed by atoms with Gasteiger partial charge >= 0.3 is 35.5 Å². The molecule has 0 spiro atoms. The molecule has 5 N–H and O–H groups in total. The van der Waals surface area contributed by atoms with Crippen LogP contribution in [0.2, 0.25) is 0 Å². The Morgan fingerprint density at radius 1 is 0.800 bits per heavy atom. The summed E-state index contributed by atoms with van der Waals surface area (Å²) in [5.74, 6) is -2.54. The van der Waals surface area contributed by atoms with E-state index in [1.165, 1.54) is 0 Å². The maximum absolute atomic E-state index is 10.1. The predicted octanol–water partition coefficient (Wildman–Crippen LogP) is -4.42. The third-order valence-corrected chi connectivity index (χ3v) is 3.97. The fourth-order valence-corrected chi connectivity index (χ4v) is 2.39. The molecule has 0 fully saturated rings. The Labute approximate surface area is 200 Å². The Hall–Kier alpha value is -0.310. The van der Waals surface area contributed by atoms with Gasteiger partial charge in [0.15, 0.2) is 0 Å². The number of aliphatic hydroxyl groups is 4. The normalized spacial score (nSPS) is 11.1. The van der Waals surface area contributed by atoms with Crippen LogP contribution in [0.4, 0.5) is 0 Å². The molecule has 30 heavy (non-hydrogen) atoms. The fourth-order valence-electron chi connectivity index (χ4n) is 1.76. The molecule has 0 aliphatic rings. The zero-order valence-electron chi connectivity index (χ0n) is 17.6. The third kappa shape index (κ3) is 46.1. The Morgan fingerprint density at radius 2 is 1.23 bits per heavy atom. The molecule has 176 valence electrons. The number of aliphatic hydroxyl groups excluding tert-OH is 4. The molecule has 0 rings (SSSR count). The van der Waals surface area contributed by atoms with E-state index in [1.54, 1.807) is 0 Å². The van der Waals surface area contributed by atoms with Crippen LogP contribution in [-0.4, -0.2) is 82.1 Å². The van der Waals surface area contributed by atoms with Crippen LogP contribution >= 0.6 is 0 Å². The minimum Gasteiger partial charge on any atom is -0.748 e. The minimum absolute atomic E-state index is 0. The molecule has 0 aromatic heterocycles. The molecule has 13 heteroatoms. The van der Waals surface area contributed by atoms with E-state index in [4.69, 9.17) is 25.5 Å². The van der Waals surface area contributed by atoms with Crippen molar-refractivity contribution in [1.29, 1.82) is 0 Å².